The summed E-state index contributed by atoms with van der Waals surface area (Å²) in [6.45, 7) is 5.65. The Balaban J connectivity index is 0.682. The minimum absolute atomic E-state index is 0.0432. The monoisotopic (exact) mass is 1060 g/mol. The number of aromatic nitrogens is 4. The average molecular weight is 1060 g/mol. The first-order chi connectivity index (χ1) is 37.2. The Kier molecular flexibility index (Phi) is 18.0. The van der Waals surface area contributed by atoms with Crippen LogP contribution in [0.5, 0.6) is 23.0 Å². The number of likely N-dealkylation sites (N-methyl/N-ethyl adjacent to an activating group) is 5. The molecule has 410 valence electrons. The molecular formula is C55H70N11O11+. The number of piperidine rings is 1. The molecule has 3 aliphatic heterocycles. The van der Waals surface area contributed by atoms with Gasteiger partial charge in [0.2, 0.25) is 18.4 Å². The van der Waals surface area contributed by atoms with Crippen molar-refractivity contribution in [2.45, 2.75) is 77.3 Å². The van der Waals surface area contributed by atoms with Gasteiger partial charge in [0.15, 0.2) is 41.4 Å². The first kappa shape index (κ1) is 55.2. The number of unbranched alkanes of at least 4 members (excludes halogenated alkanes) is 5. The molecule has 22 heteroatoms. The number of hydrogen-bond donors (Lipinski definition) is 0. The molecule has 0 bridgehead atoms. The highest BCUT2D eigenvalue weighted by molar-refractivity contribution is 5.95. The number of rotatable bonds is 20. The lowest BCUT2D eigenvalue weighted by molar-refractivity contribution is -0.686. The van der Waals surface area contributed by atoms with Gasteiger partial charge in [-0.25, -0.2) is 29.1 Å². The van der Waals surface area contributed by atoms with Crippen molar-refractivity contribution in [3.63, 3.8) is 0 Å². The summed E-state index contributed by atoms with van der Waals surface area (Å²) in [4.78, 5) is 83.6. The van der Waals surface area contributed by atoms with Gasteiger partial charge < -0.3 is 57.8 Å². The minimum atomic E-state index is -0.591. The smallest absolute Gasteiger partial charge is 0.415 e. The molecule has 0 aliphatic carbocycles. The van der Waals surface area contributed by atoms with E-state index in [0.29, 0.717) is 54.3 Å². The fourth-order valence-corrected chi connectivity index (χ4v) is 9.92. The maximum absolute atomic E-state index is 13.6. The molecule has 0 unspecified atom stereocenters. The number of carbonyl (C=O) groups is 5. The van der Waals surface area contributed by atoms with Crippen molar-refractivity contribution in [3.8, 4) is 40.3 Å². The van der Waals surface area contributed by atoms with Gasteiger partial charge >= 0.3 is 24.3 Å². The van der Waals surface area contributed by atoms with Gasteiger partial charge in [-0.05, 0) is 66.5 Å². The number of pyridine rings is 1. The van der Waals surface area contributed by atoms with E-state index in [2.05, 4.69) is 27.5 Å². The molecule has 3 aromatic heterocycles. The fourth-order valence-electron chi connectivity index (χ4n) is 9.92. The number of nitriles is 1. The Morgan fingerprint density at radius 3 is 2.13 bits per heavy atom. The van der Waals surface area contributed by atoms with Gasteiger partial charge in [-0.2, -0.15) is 9.83 Å². The summed E-state index contributed by atoms with van der Waals surface area (Å²) in [6, 6.07) is 13.3. The van der Waals surface area contributed by atoms with E-state index in [0.717, 1.165) is 78.6 Å². The number of carbonyl (C=O) groups excluding carboxylic acids is 5. The SMILES string of the molecule is COc1ccc2cc3[n+](cc2c1OC(=O)N(C)CCN(C)C(=O)OCCCCCCCCOC(=O)N(C)CCN(C)C(=O)n1ccc2c(N(C)[C@H]4CN(C(=O)CC#N)CC[C@H]4C)ncnc21)CCc1cc2c(cc1-3)OCO2. The predicted molar refractivity (Wildman–Crippen MR) is 284 cm³/mol. The second kappa shape index (κ2) is 25.2. The molecule has 77 heavy (non-hydrogen) atoms. The molecule has 1 saturated heterocycles. The summed E-state index contributed by atoms with van der Waals surface area (Å²) in [5.41, 5.74) is 3.72. The van der Waals surface area contributed by atoms with Crippen LogP contribution in [-0.4, -0.2) is 177 Å². The molecular weight excluding hydrogens is 991 g/mol. The molecule has 6 heterocycles. The largest absolute Gasteiger partial charge is 0.493 e. The molecule has 1 fully saturated rings. The van der Waals surface area contributed by atoms with E-state index in [-0.39, 0.29) is 76.5 Å². The van der Waals surface area contributed by atoms with Crippen molar-refractivity contribution < 1.29 is 57.0 Å². The van der Waals surface area contributed by atoms with Crippen LogP contribution < -0.4 is 28.4 Å². The third-order valence-electron chi connectivity index (χ3n) is 14.8. The van der Waals surface area contributed by atoms with Crippen LogP contribution in [0.1, 0.15) is 63.9 Å². The van der Waals surface area contributed by atoms with Gasteiger partial charge in [-0.15, -0.1) is 0 Å². The number of amides is 5. The third-order valence-corrected chi connectivity index (χ3v) is 14.8. The number of hydrogen-bond acceptors (Lipinski definition) is 15. The Labute approximate surface area is 448 Å². The average Bonchev–Trinajstić information content (AvgIpc) is 4.12. The molecule has 5 aromatic rings. The summed E-state index contributed by atoms with van der Waals surface area (Å²) in [5.74, 6) is 2.94. The second-order valence-corrected chi connectivity index (χ2v) is 20.0. The molecule has 0 N–H and O–H groups in total. The quantitative estimate of drug-likeness (QED) is 0.0570. The molecule has 2 aromatic carbocycles. The lowest BCUT2D eigenvalue weighted by Crippen LogP contribution is -2.52. The molecule has 0 radical (unpaired) electrons. The normalized spacial score (nSPS) is 15.2. The highest BCUT2D eigenvalue weighted by Crippen LogP contribution is 2.42. The zero-order valence-corrected chi connectivity index (χ0v) is 45.2. The number of likely N-dealkylation sites (tertiary alicyclic amines) is 1. The standard InChI is InChI=1S/C55H70N11O11/c1-37-17-21-65(48(67)16-20-56)34-44(37)63(6)50-40-19-23-66(51(40)58-35-57-50)52(68)59(2)24-25-60(3)53(69)73-28-12-10-8-9-11-13-29-74-54(70)61(4)26-27-62(5)55(71)77-49-42-33-64-22-18-39-31-46-47(76-36-75-46)32-41(39)43(64)30-38(42)14-15-45(49)72-7/h14-15,19,23,30-33,35,37,44H,8-13,16-18,21-22,24-29,34,36H2,1-7H3/q+1/t37-,44+/m1/s1. The Bertz CT molecular complexity index is 3020. The van der Waals surface area contributed by atoms with Gasteiger partial charge in [-0.3, -0.25) is 9.36 Å². The molecule has 22 nitrogen and oxygen atoms in total. The second-order valence-electron chi connectivity index (χ2n) is 20.0. The number of ether oxygens (including phenoxy) is 6. The maximum Gasteiger partial charge on any atom is 0.415 e. The summed E-state index contributed by atoms with van der Waals surface area (Å²) < 4.78 is 37.5. The van der Waals surface area contributed by atoms with Crippen molar-refractivity contribution in [1.82, 2.24) is 39.0 Å². The topological polar surface area (TPSA) is 219 Å². The summed E-state index contributed by atoms with van der Waals surface area (Å²) in [6.07, 6.45) is 10.0. The van der Waals surface area contributed by atoms with E-state index < -0.39 is 18.3 Å². The summed E-state index contributed by atoms with van der Waals surface area (Å²) >= 11 is 0. The summed E-state index contributed by atoms with van der Waals surface area (Å²) in [7, 11) is 10.00. The first-order valence-electron chi connectivity index (χ1n) is 26.3. The van der Waals surface area contributed by atoms with Crippen molar-refractivity contribution in [2.24, 2.45) is 5.92 Å². The minimum Gasteiger partial charge on any atom is -0.493 e. The lowest BCUT2D eigenvalue weighted by Gasteiger charge is -2.42. The van der Waals surface area contributed by atoms with Gasteiger partial charge in [0.05, 0.1) is 48.8 Å². The van der Waals surface area contributed by atoms with Gasteiger partial charge in [-0.1, -0.05) is 32.6 Å². The van der Waals surface area contributed by atoms with Crippen molar-refractivity contribution in [3.05, 3.63) is 60.7 Å². The van der Waals surface area contributed by atoms with Crippen molar-refractivity contribution >= 4 is 57.8 Å². The van der Waals surface area contributed by atoms with Crippen LogP contribution in [0.3, 0.4) is 0 Å². The molecule has 3 aliphatic rings. The van der Waals surface area contributed by atoms with Crippen LogP contribution in [0.15, 0.2) is 55.1 Å². The number of benzene rings is 2. The zero-order valence-electron chi connectivity index (χ0n) is 45.2. The van der Waals surface area contributed by atoms with Crippen LogP contribution in [0, 0.1) is 17.2 Å². The van der Waals surface area contributed by atoms with E-state index in [1.807, 2.05) is 42.4 Å². The highest BCUT2D eigenvalue weighted by Gasteiger charge is 2.34. The van der Waals surface area contributed by atoms with Crippen molar-refractivity contribution in [2.75, 3.05) is 107 Å². The van der Waals surface area contributed by atoms with E-state index in [4.69, 9.17) is 33.7 Å². The molecule has 0 spiro atoms. The molecule has 2 atom stereocenters. The number of nitrogens with zero attached hydrogens (tertiary/aromatic N) is 11. The van der Waals surface area contributed by atoms with E-state index in [9.17, 15) is 24.0 Å². The van der Waals surface area contributed by atoms with E-state index in [1.165, 1.54) is 43.2 Å². The number of anilines is 1. The van der Waals surface area contributed by atoms with E-state index >= 15 is 0 Å². The first-order valence-corrected chi connectivity index (χ1v) is 26.3. The van der Waals surface area contributed by atoms with Crippen LogP contribution >= 0.6 is 0 Å². The third kappa shape index (κ3) is 12.8. The Hall–Kier alpha value is -8.09. The molecule has 5 amide bonds. The zero-order chi connectivity index (χ0) is 54.8. The number of fused-ring (bicyclic) bond motifs is 6. The van der Waals surface area contributed by atoms with Gasteiger partial charge in [0.25, 0.3) is 0 Å². The highest BCUT2D eigenvalue weighted by atomic mass is 16.7. The number of methoxy groups -OCH3 is 1. The summed E-state index contributed by atoms with van der Waals surface area (Å²) in [5, 5.41) is 11.3. The van der Waals surface area contributed by atoms with Crippen LogP contribution in [0.2, 0.25) is 0 Å². The van der Waals surface area contributed by atoms with Gasteiger partial charge in [0, 0.05) is 93.2 Å². The maximum atomic E-state index is 13.6. The lowest BCUT2D eigenvalue weighted by atomic mass is 9.92. The predicted octanol–water partition coefficient (Wildman–Crippen LogP) is 6.93. The van der Waals surface area contributed by atoms with Crippen molar-refractivity contribution in [1.29, 1.82) is 5.26 Å². The Morgan fingerprint density at radius 2 is 1.45 bits per heavy atom. The molecule has 8 rings (SSSR count). The van der Waals surface area contributed by atoms with Crippen LogP contribution in [0.25, 0.3) is 33.1 Å². The number of aryl methyl sites for hydroxylation is 2. The van der Waals surface area contributed by atoms with Crippen LogP contribution in [-0.2, 0) is 27.2 Å². The van der Waals surface area contributed by atoms with E-state index in [1.54, 1.807) is 51.4 Å². The molecule has 0 saturated carbocycles. The Morgan fingerprint density at radius 1 is 0.805 bits per heavy atom. The van der Waals surface area contributed by atoms with Gasteiger partial charge in [0.1, 0.15) is 18.6 Å². The van der Waals surface area contributed by atoms with Crippen LogP contribution in [0.4, 0.5) is 25.0 Å². The fraction of sp³-hybridized carbons (Fsp3) is 0.509.